The second-order valence-electron chi connectivity index (χ2n) is 7.45. The lowest BCUT2D eigenvalue weighted by atomic mass is 9.95. The third-order valence-corrected chi connectivity index (χ3v) is 4.68. The van der Waals surface area contributed by atoms with Crippen molar-refractivity contribution in [2.45, 2.75) is 33.2 Å². The Labute approximate surface area is 176 Å². The largest absolute Gasteiger partial charge is 0.493 e. The lowest BCUT2D eigenvalue weighted by Crippen LogP contribution is -2.38. The van der Waals surface area contributed by atoms with Gasteiger partial charge in [0.25, 0.3) is 5.56 Å². The number of hydrogen-bond donors (Lipinski definition) is 2. The van der Waals surface area contributed by atoms with Crippen molar-refractivity contribution in [3.05, 3.63) is 90.6 Å². The van der Waals surface area contributed by atoms with Gasteiger partial charge >= 0.3 is 5.69 Å². The zero-order valence-electron chi connectivity index (χ0n) is 17.1. The number of aromatic amines is 1. The first-order valence-electron chi connectivity index (χ1n) is 9.39. The first-order chi connectivity index (χ1) is 14.6. The van der Waals surface area contributed by atoms with Crippen molar-refractivity contribution >= 4 is 5.78 Å². The number of halogens is 1. The molecular weight excluding hydrogens is 403 g/mol. The van der Waals surface area contributed by atoms with Gasteiger partial charge in [0.1, 0.15) is 5.69 Å². The molecule has 0 aliphatic carbocycles. The summed E-state index contributed by atoms with van der Waals surface area (Å²) in [5.74, 6) is -2.58. The first kappa shape index (κ1) is 21.6. The van der Waals surface area contributed by atoms with Crippen LogP contribution in [-0.4, -0.2) is 25.4 Å². The van der Waals surface area contributed by atoms with Gasteiger partial charge in [-0.2, -0.15) is 14.6 Å². The number of rotatable bonds is 5. The zero-order valence-corrected chi connectivity index (χ0v) is 17.1. The standard InChI is InChI=1S/C22H19FN4O4/c1-11(2)18-19(20(29)15-5-12(3)4-13(6-15)9-24)27(22(31)26-21(18)30)10-14-7-16(23)25-17(28)8-14/h4-8,11H,10H2,1-3H3,(H,25,28)(H,26,30,31). The lowest BCUT2D eigenvalue weighted by Gasteiger charge is -2.18. The summed E-state index contributed by atoms with van der Waals surface area (Å²) in [4.78, 5) is 44.1. The maximum absolute atomic E-state index is 13.6. The number of nitriles is 1. The molecule has 0 atom stereocenters. The highest BCUT2D eigenvalue weighted by Gasteiger charge is 2.25. The molecule has 2 N–H and O–H groups in total. The number of aromatic hydroxyl groups is 1. The Morgan fingerprint density at radius 3 is 2.58 bits per heavy atom. The van der Waals surface area contributed by atoms with Crippen LogP contribution in [0.1, 0.15) is 58.1 Å². The molecule has 0 aliphatic heterocycles. The fourth-order valence-electron chi connectivity index (χ4n) is 3.44. The highest BCUT2D eigenvalue weighted by Crippen LogP contribution is 2.21. The van der Waals surface area contributed by atoms with Crippen LogP contribution in [0.25, 0.3) is 0 Å². The first-order valence-corrected chi connectivity index (χ1v) is 9.39. The van der Waals surface area contributed by atoms with Gasteiger partial charge in [0.05, 0.1) is 18.2 Å². The number of ketones is 1. The number of carbonyl (C=O) groups is 1. The molecule has 0 bridgehead atoms. The van der Waals surface area contributed by atoms with E-state index in [-0.39, 0.29) is 34.5 Å². The Morgan fingerprint density at radius 2 is 1.97 bits per heavy atom. The van der Waals surface area contributed by atoms with Crippen LogP contribution >= 0.6 is 0 Å². The second kappa shape index (κ2) is 8.36. The lowest BCUT2D eigenvalue weighted by molar-refractivity contribution is 0.102. The van der Waals surface area contributed by atoms with E-state index >= 15 is 0 Å². The molecule has 0 spiro atoms. The predicted molar refractivity (Wildman–Crippen MR) is 110 cm³/mol. The normalized spacial score (nSPS) is 10.8. The van der Waals surface area contributed by atoms with Crippen molar-refractivity contribution in [2.75, 3.05) is 0 Å². The molecular formula is C22H19FN4O4. The predicted octanol–water partition coefficient (Wildman–Crippen LogP) is 2.36. The van der Waals surface area contributed by atoms with Crippen molar-refractivity contribution < 1.29 is 14.3 Å². The monoisotopic (exact) mass is 422 g/mol. The van der Waals surface area contributed by atoms with E-state index in [2.05, 4.69) is 9.97 Å². The zero-order chi connectivity index (χ0) is 22.9. The minimum absolute atomic E-state index is 0.0864. The summed E-state index contributed by atoms with van der Waals surface area (Å²) in [5.41, 5.74) is -0.397. The second-order valence-corrected chi connectivity index (χ2v) is 7.45. The highest BCUT2D eigenvalue weighted by atomic mass is 19.1. The number of hydrogen-bond acceptors (Lipinski definition) is 6. The van der Waals surface area contributed by atoms with Crippen LogP contribution in [0.2, 0.25) is 0 Å². The highest BCUT2D eigenvalue weighted by molar-refractivity contribution is 6.09. The van der Waals surface area contributed by atoms with Gasteiger partial charge in [0.2, 0.25) is 17.6 Å². The number of nitrogens with one attached hydrogen (secondary N) is 1. The molecule has 2 heterocycles. The number of benzene rings is 1. The van der Waals surface area contributed by atoms with Crippen LogP contribution < -0.4 is 11.2 Å². The maximum Gasteiger partial charge on any atom is 0.329 e. The smallest absolute Gasteiger partial charge is 0.329 e. The summed E-state index contributed by atoms with van der Waals surface area (Å²) in [7, 11) is 0. The van der Waals surface area contributed by atoms with Gasteiger partial charge in [-0.1, -0.05) is 13.8 Å². The van der Waals surface area contributed by atoms with Crippen molar-refractivity contribution in [2.24, 2.45) is 0 Å². The van der Waals surface area contributed by atoms with Gasteiger partial charge in [-0.15, -0.1) is 0 Å². The van der Waals surface area contributed by atoms with E-state index in [1.54, 1.807) is 32.9 Å². The summed E-state index contributed by atoms with van der Waals surface area (Å²) < 4.78 is 14.7. The van der Waals surface area contributed by atoms with Crippen LogP contribution in [0.3, 0.4) is 0 Å². The van der Waals surface area contributed by atoms with E-state index in [1.165, 1.54) is 6.07 Å². The summed E-state index contributed by atoms with van der Waals surface area (Å²) in [6.07, 6.45) is 0. The minimum atomic E-state index is -0.957. The van der Waals surface area contributed by atoms with Crippen LogP contribution in [0.15, 0.2) is 39.9 Å². The number of pyridine rings is 1. The average molecular weight is 422 g/mol. The molecule has 31 heavy (non-hydrogen) atoms. The SMILES string of the molecule is Cc1cc(C#N)cc(C(=O)c2c(C(C)C)c(=O)[nH]c(=O)n2Cc2cc(O)nc(F)c2)c1. The van der Waals surface area contributed by atoms with E-state index in [0.29, 0.717) is 5.56 Å². The van der Waals surface area contributed by atoms with E-state index in [4.69, 9.17) is 0 Å². The molecule has 3 aromatic rings. The molecule has 158 valence electrons. The summed E-state index contributed by atoms with van der Waals surface area (Å²) >= 11 is 0. The molecule has 3 rings (SSSR count). The van der Waals surface area contributed by atoms with Crippen LogP contribution in [0, 0.1) is 24.2 Å². The molecule has 0 saturated heterocycles. The van der Waals surface area contributed by atoms with Gasteiger partial charge in [-0.3, -0.25) is 19.1 Å². The number of H-pyrrole nitrogens is 1. The fraction of sp³-hybridized carbons (Fsp3) is 0.227. The third-order valence-electron chi connectivity index (χ3n) is 4.68. The topological polar surface area (TPSA) is 129 Å². The van der Waals surface area contributed by atoms with Crippen molar-refractivity contribution in [3.8, 4) is 11.9 Å². The third kappa shape index (κ3) is 4.43. The fourth-order valence-corrected chi connectivity index (χ4v) is 3.44. The van der Waals surface area contributed by atoms with Gasteiger partial charge < -0.3 is 5.11 Å². The number of nitrogens with zero attached hydrogens (tertiary/aromatic N) is 3. The molecule has 2 aromatic heterocycles. The van der Waals surface area contributed by atoms with Crippen LogP contribution in [0.5, 0.6) is 5.88 Å². The van der Waals surface area contributed by atoms with Crippen molar-refractivity contribution in [1.82, 2.24) is 14.5 Å². The molecule has 8 nitrogen and oxygen atoms in total. The molecule has 0 aliphatic rings. The van der Waals surface area contributed by atoms with Gasteiger partial charge in [-0.05, 0) is 48.2 Å². The van der Waals surface area contributed by atoms with E-state index < -0.39 is 34.8 Å². The Hall–Kier alpha value is -4.06. The summed E-state index contributed by atoms with van der Waals surface area (Å²) in [6, 6.07) is 8.69. The molecule has 0 radical (unpaired) electrons. The van der Waals surface area contributed by atoms with Crippen molar-refractivity contribution in [3.63, 3.8) is 0 Å². The molecule has 0 saturated carbocycles. The van der Waals surface area contributed by atoms with E-state index in [1.807, 2.05) is 6.07 Å². The Bertz CT molecular complexity index is 1330. The maximum atomic E-state index is 13.6. The Balaban J connectivity index is 2.30. The van der Waals surface area contributed by atoms with Gasteiger partial charge in [-0.25, -0.2) is 4.79 Å². The molecule has 0 fully saturated rings. The van der Waals surface area contributed by atoms with Gasteiger partial charge in [0.15, 0.2) is 0 Å². The molecule has 0 amide bonds. The Morgan fingerprint density at radius 1 is 1.26 bits per heavy atom. The van der Waals surface area contributed by atoms with Crippen molar-refractivity contribution in [1.29, 1.82) is 5.26 Å². The van der Waals surface area contributed by atoms with E-state index in [0.717, 1.165) is 16.7 Å². The van der Waals surface area contributed by atoms with Crippen LogP contribution in [0.4, 0.5) is 4.39 Å². The number of aryl methyl sites for hydroxylation is 1. The molecule has 1 aromatic carbocycles. The Kier molecular flexibility index (Phi) is 5.83. The summed E-state index contributed by atoms with van der Waals surface area (Å²) in [5, 5.41) is 18.8. The summed E-state index contributed by atoms with van der Waals surface area (Å²) in [6.45, 7) is 4.82. The molecule has 9 heteroatoms. The number of aromatic nitrogens is 3. The van der Waals surface area contributed by atoms with Crippen LogP contribution in [-0.2, 0) is 6.54 Å². The van der Waals surface area contributed by atoms with Gasteiger partial charge in [0, 0.05) is 17.2 Å². The quantitative estimate of drug-likeness (QED) is 0.480. The number of carbonyl (C=O) groups excluding carboxylic acids is 1. The van der Waals surface area contributed by atoms with E-state index in [9.17, 15) is 29.1 Å². The average Bonchev–Trinajstić information content (AvgIpc) is 2.67. The minimum Gasteiger partial charge on any atom is -0.493 e. The molecule has 0 unspecified atom stereocenters.